The van der Waals surface area contributed by atoms with Crippen LogP contribution in [-0.2, 0) is 0 Å². The maximum Gasteiger partial charge on any atom is 0.261 e. The lowest BCUT2D eigenvalue weighted by molar-refractivity contribution is 0.0610. The molecule has 4 aromatic rings. The number of anilines is 1. The Morgan fingerprint density at radius 2 is 1.38 bits per heavy atom. The minimum absolute atomic E-state index is 0.160. The molecule has 0 spiro atoms. The van der Waals surface area contributed by atoms with Crippen LogP contribution in [-0.4, -0.2) is 57.0 Å². The molecule has 1 heterocycles. The highest BCUT2D eigenvalue weighted by atomic mass is 16.5. The number of benzene rings is 4. The standard InChI is InChI=1S/C32H30N2O6/c1-20-12-14-23(15-13-20)33(30(35)22-18-26(38-2)29(40-4)27(19-22)39-3)16-7-17-34-31(36)24-10-5-8-21-9-6-11-25(28(21)24)32(34)37/h5-6,8-15,18-19H,7,16-17H2,1-4H3. The highest BCUT2D eigenvalue weighted by Crippen LogP contribution is 2.39. The number of hydrogen-bond acceptors (Lipinski definition) is 6. The monoisotopic (exact) mass is 538 g/mol. The van der Waals surface area contributed by atoms with E-state index in [4.69, 9.17) is 14.2 Å². The van der Waals surface area contributed by atoms with Crippen LogP contribution in [0, 0.1) is 6.92 Å². The van der Waals surface area contributed by atoms with Crippen LogP contribution in [0.2, 0.25) is 0 Å². The summed E-state index contributed by atoms with van der Waals surface area (Å²) in [5.74, 6) is 0.187. The van der Waals surface area contributed by atoms with Gasteiger partial charge < -0.3 is 19.1 Å². The van der Waals surface area contributed by atoms with E-state index in [2.05, 4.69) is 0 Å². The zero-order chi connectivity index (χ0) is 28.4. The molecule has 0 radical (unpaired) electrons. The average molecular weight is 539 g/mol. The highest BCUT2D eigenvalue weighted by molar-refractivity contribution is 6.25. The van der Waals surface area contributed by atoms with Crippen molar-refractivity contribution < 1.29 is 28.6 Å². The predicted molar refractivity (Wildman–Crippen MR) is 153 cm³/mol. The van der Waals surface area contributed by atoms with Crippen molar-refractivity contribution in [1.82, 2.24) is 4.90 Å². The first-order valence-corrected chi connectivity index (χ1v) is 12.9. The quantitative estimate of drug-likeness (QED) is 0.262. The van der Waals surface area contributed by atoms with Gasteiger partial charge in [-0.05, 0) is 55.1 Å². The SMILES string of the molecule is COc1cc(C(=O)N(CCCN2C(=O)c3cccc4cccc(c34)C2=O)c2ccc(C)cc2)cc(OC)c1OC. The number of ether oxygens (including phenoxy) is 3. The van der Waals surface area contributed by atoms with E-state index in [1.807, 2.05) is 55.5 Å². The molecule has 1 aliphatic heterocycles. The summed E-state index contributed by atoms with van der Waals surface area (Å²) in [6, 6.07) is 21.8. The van der Waals surface area contributed by atoms with E-state index in [1.54, 1.807) is 29.2 Å². The van der Waals surface area contributed by atoms with E-state index in [9.17, 15) is 14.4 Å². The highest BCUT2D eigenvalue weighted by Gasteiger charge is 2.32. The molecule has 8 nitrogen and oxygen atoms in total. The molecule has 0 unspecified atom stereocenters. The normalized spacial score (nSPS) is 12.4. The molecule has 3 amide bonds. The van der Waals surface area contributed by atoms with Crippen molar-refractivity contribution in [3.8, 4) is 17.2 Å². The van der Waals surface area contributed by atoms with E-state index in [0.29, 0.717) is 51.4 Å². The van der Waals surface area contributed by atoms with Gasteiger partial charge in [0, 0.05) is 40.9 Å². The first-order chi connectivity index (χ1) is 19.4. The molecule has 40 heavy (non-hydrogen) atoms. The van der Waals surface area contributed by atoms with Gasteiger partial charge in [0.15, 0.2) is 11.5 Å². The first kappa shape index (κ1) is 26.7. The van der Waals surface area contributed by atoms with Crippen LogP contribution in [0.4, 0.5) is 5.69 Å². The number of carbonyl (C=O) groups excluding carboxylic acids is 3. The van der Waals surface area contributed by atoms with Crippen molar-refractivity contribution >= 4 is 34.2 Å². The lowest BCUT2D eigenvalue weighted by atomic mass is 9.94. The van der Waals surface area contributed by atoms with Gasteiger partial charge in [-0.15, -0.1) is 0 Å². The third kappa shape index (κ3) is 4.73. The minimum Gasteiger partial charge on any atom is -0.493 e. The summed E-state index contributed by atoms with van der Waals surface area (Å²) >= 11 is 0. The van der Waals surface area contributed by atoms with Crippen LogP contribution in [0.1, 0.15) is 43.1 Å². The van der Waals surface area contributed by atoms with Gasteiger partial charge >= 0.3 is 0 Å². The predicted octanol–water partition coefficient (Wildman–Crippen LogP) is 5.51. The van der Waals surface area contributed by atoms with Gasteiger partial charge in [0.25, 0.3) is 17.7 Å². The van der Waals surface area contributed by atoms with Crippen molar-refractivity contribution in [2.24, 2.45) is 0 Å². The molecule has 0 N–H and O–H groups in total. The Balaban J connectivity index is 1.42. The fraction of sp³-hybridized carbons (Fsp3) is 0.219. The molecular formula is C32H30N2O6. The van der Waals surface area contributed by atoms with Gasteiger partial charge in [-0.3, -0.25) is 19.3 Å². The van der Waals surface area contributed by atoms with Crippen LogP contribution in [0.5, 0.6) is 17.2 Å². The van der Waals surface area contributed by atoms with E-state index in [1.165, 1.54) is 26.2 Å². The van der Waals surface area contributed by atoms with Crippen molar-refractivity contribution in [2.75, 3.05) is 39.3 Å². The smallest absolute Gasteiger partial charge is 0.261 e. The van der Waals surface area contributed by atoms with Crippen LogP contribution in [0.15, 0.2) is 72.8 Å². The van der Waals surface area contributed by atoms with Gasteiger partial charge in [-0.2, -0.15) is 0 Å². The summed E-state index contributed by atoms with van der Waals surface area (Å²) in [4.78, 5) is 43.5. The van der Waals surface area contributed by atoms with Gasteiger partial charge in [-0.25, -0.2) is 0 Å². The zero-order valence-electron chi connectivity index (χ0n) is 22.9. The fourth-order valence-electron chi connectivity index (χ4n) is 5.10. The molecule has 0 atom stereocenters. The van der Waals surface area contributed by atoms with Crippen molar-refractivity contribution in [3.63, 3.8) is 0 Å². The third-order valence-electron chi connectivity index (χ3n) is 7.12. The van der Waals surface area contributed by atoms with Crippen LogP contribution < -0.4 is 19.1 Å². The van der Waals surface area contributed by atoms with Crippen LogP contribution in [0.3, 0.4) is 0 Å². The van der Waals surface area contributed by atoms with Crippen LogP contribution >= 0.6 is 0 Å². The summed E-state index contributed by atoms with van der Waals surface area (Å²) in [5.41, 5.74) is 3.12. The number of hydrogen-bond donors (Lipinski definition) is 0. The Morgan fingerprint density at radius 1 is 0.800 bits per heavy atom. The van der Waals surface area contributed by atoms with Gasteiger partial charge in [0.2, 0.25) is 5.75 Å². The first-order valence-electron chi connectivity index (χ1n) is 12.9. The zero-order valence-corrected chi connectivity index (χ0v) is 22.9. The number of aryl methyl sites for hydroxylation is 1. The number of carbonyl (C=O) groups is 3. The lowest BCUT2D eigenvalue weighted by Gasteiger charge is -2.29. The molecule has 1 aliphatic rings. The molecule has 0 bridgehead atoms. The number of nitrogens with zero attached hydrogens (tertiary/aromatic N) is 2. The molecule has 0 aliphatic carbocycles. The average Bonchev–Trinajstić information content (AvgIpc) is 2.98. The topological polar surface area (TPSA) is 85.4 Å². The minimum atomic E-state index is -0.327. The molecular weight excluding hydrogens is 508 g/mol. The van der Waals surface area contributed by atoms with E-state index in [0.717, 1.165) is 10.9 Å². The molecule has 0 aromatic heterocycles. The third-order valence-corrected chi connectivity index (χ3v) is 7.12. The van der Waals surface area contributed by atoms with Gasteiger partial charge in [0.1, 0.15) is 0 Å². The molecule has 4 aromatic carbocycles. The van der Waals surface area contributed by atoms with Crippen molar-refractivity contribution in [2.45, 2.75) is 13.3 Å². The molecule has 8 heteroatoms. The van der Waals surface area contributed by atoms with E-state index in [-0.39, 0.29) is 30.8 Å². The molecule has 5 rings (SSSR count). The Morgan fingerprint density at radius 3 is 1.90 bits per heavy atom. The second-order valence-electron chi connectivity index (χ2n) is 9.53. The van der Waals surface area contributed by atoms with E-state index >= 15 is 0 Å². The maximum absolute atomic E-state index is 13.9. The largest absolute Gasteiger partial charge is 0.493 e. The fourth-order valence-corrected chi connectivity index (χ4v) is 5.10. The Kier molecular flexibility index (Phi) is 7.42. The number of imide groups is 1. The van der Waals surface area contributed by atoms with Crippen molar-refractivity contribution in [3.05, 3.63) is 95.1 Å². The number of rotatable bonds is 9. The lowest BCUT2D eigenvalue weighted by Crippen LogP contribution is -2.42. The van der Waals surface area contributed by atoms with Crippen LogP contribution in [0.25, 0.3) is 10.8 Å². The second kappa shape index (κ2) is 11.1. The van der Waals surface area contributed by atoms with Crippen molar-refractivity contribution in [1.29, 1.82) is 0 Å². The van der Waals surface area contributed by atoms with Gasteiger partial charge in [-0.1, -0.05) is 42.0 Å². The summed E-state index contributed by atoms with van der Waals surface area (Å²) in [7, 11) is 4.49. The molecule has 0 saturated carbocycles. The van der Waals surface area contributed by atoms with E-state index < -0.39 is 0 Å². The Bertz CT molecular complexity index is 1540. The molecule has 204 valence electrons. The summed E-state index contributed by atoms with van der Waals surface area (Å²) in [5, 5.41) is 1.55. The maximum atomic E-state index is 13.9. The Hall–Kier alpha value is -4.85. The number of methoxy groups -OCH3 is 3. The molecule has 0 saturated heterocycles. The Labute approximate surface area is 232 Å². The number of amides is 3. The molecule has 0 fully saturated rings. The summed E-state index contributed by atoms with van der Waals surface area (Å²) < 4.78 is 16.3. The van der Waals surface area contributed by atoms with Gasteiger partial charge in [0.05, 0.1) is 21.3 Å². The summed E-state index contributed by atoms with van der Waals surface area (Å²) in [6.45, 7) is 2.40. The second-order valence-corrected chi connectivity index (χ2v) is 9.53. The summed E-state index contributed by atoms with van der Waals surface area (Å²) in [6.07, 6.45) is 0.375.